The number of hydrogen-bond acceptors (Lipinski definition) is 5. The highest BCUT2D eigenvalue weighted by Gasteiger charge is 2.41. The number of rotatable bonds is 6. The van der Waals surface area contributed by atoms with E-state index >= 15 is 0 Å². The minimum atomic E-state index is -0.519. The normalized spacial score (nSPS) is 14.7. The van der Waals surface area contributed by atoms with Crippen LogP contribution in [0, 0.1) is 0 Å². The van der Waals surface area contributed by atoms with Gasteiger partial charge in [-0.1, -0.05) is 42.5 Å². The Kier molecular flexibility index (Phi) is 6.27. The number of anilines is 3. The standard InChI is InChI=1S/C27H32N4O2/c1-26(2,3)33-25(32)31-27(17-8-18-27)20-11-13-21(14-12-20)29-24-23(28-4)16-15-22(30-24)19-9-6-5-7-10-19/h5-7,9-16,28H,8,17-18H2,1-4H3,(H,29,30)(H,31,32). The van der Waals surface area contributed by atoms with Crippen molar-refractivity contribution in [2.45, 2.75) is 51.2 Å². The van der Waals surface area contributed by atoms with Crippen LogP contribution in [0.5, 0.6) is 0 Å². The van der Waals surface area contributed by atoms with Crippen LogP contribution < -0.4 is 16.0 Å². The van der Waals surface area contributed by atoms with E-state index in [0.717, 1.165) is 53.3 Å². The van der Waals surface area contributed by atoms with Crippen LogP contribution >= 0.6 is 0 Å². The number of nitrogens with zero attached hydrogens (tertiary/aromatic N) is 1. The van der Waals surface area contributed by atoms with Gasteiger partial charge in [-0.15, -0.1) is 0 Å². The first-order chi connectivity index (χ1) is 15.8. The number of alkyl carbamates (subject to hydrolysis) is 1. The number of carbonyl (C=O) groups is 1. The van der Waals surface area contributed by atoms with Crippen LogP contribution in [0.15, 0.2) is 66.7 Å². The lowest BCUT2D eigenvalue weighted by molar-refractivity contribution is 0.0377. The summed E-state index contributed by atoms with van der Waals surface area (Å²) in [5.41, 5.74) is 4.03. The second-order valence-corrected chi connectivity index (χ2v) is 9.47. The molecule has 1 aromatic heterocycles. The van der Waals surface area contributed by atoms with Gasteiger partial charge in [-0.2, -0.15) is 0 Å². The third-order valence-electron chi connectivity index (χ3n) is 5.88. The number of nitrogens with one attached hydrogen (secondary N) is 3. The van der Waals surface area contributed by atoms with Gasteiger partial charge in [-0.25, -0.2) is 9.78 Å². The summed E-state index contributed by atoms with van der Waals surface area (Å²) in [7, 11) is 1.89. The molecule has 0 spiro atoms. The number of carbonyl (C=O) groups excluding carboxylic acids is 1. The molecule has 1 aliphatic rings. The second kappa shape index (κ2) is 9.14. The summed E-state index contributed by atoms with van der Waals surface area (Å²) in [5, 5.41) is 9.75. The summed E-state index contributed by atoms with van der Waals surface area (Å²) in [6, 6.07) is 22.4. The van der Waals surface area contributed by atoms with Gasteiger partial charge in [0, 0.05) is 18.3 Å². The van der Waals surface area contributed by atoms with Crippen molar-refractivity contribution in [1.82, 2.24) is 10.3 Å². The third kappa shape index (κ3) is 5.28. The molecule has 1 aliphatic carbocycles. The van der Waals surface area contributed by atoms with Gasteiger partial charge >= 0.3 is 6.09 Å². The summed E-state index contributed by atoms with van der Waals surface area (Å²) in [5.74, 6) is 0.761. The van der Waals surface area contributed by atoms with Gasteiger partial charge in [-0.3, -0.25) is 0 Å². The number of benzene rings is 2. The first-order valence-corrected chi connectivity index (χ1v) is 11.4. The maximum absolute atomic E-state index is 12.4. The molecule has 3 aromatic rings. The van der Waals surface area contributed by atoms with E-state index in [9.17, 15) is 4.79 Å². The van der Waals surface area contributed by atoms with Crippen molar-refractivity contribution < 1.29 is 9.53 Å². The van der Waals surface area contributed by atoms with Crippen LogP contribution in [0.3, 0.4) is 0 Å². The molecule has 2 aromatic carbocycles. The van der Waals surface area contributed by atoms with E-state index in [4.69, 9.17) is 9.72 Å². The molecule has 0 atom stereocenters. The lowest BCUT2D eigenvalue weighted by Crippen LogP contribution is -2.52. The Labute approximate surface area is 195 Å². The average Bonchev–Trinajstić information content (AvgIpc) is 2.76. The Bertz CT molecular complexity index is 1100. The van der Waals surface area contributed by atoms with Crippen molar-refractivity contribution in [2.24, 2.45) is 0 Å². The number of amides is 1. The zero-order chi connectivity index (χ0) is 23.5. The maximum Gasteiger partial charge on any atom is 0.408 e. The smallest absolute Gasteiger partial charge is 0.408 e. The molecule has 0 aliphatic heterocycles. The molecule has 3 N–H and O–H groups in total. The molecule has 6 nitrogen and oxygen atoms in total. The van der Waals surface area contributed by atoms with Crippen LogP contribution in [-0.4, -0.2) is 23.7 Å². The number of hydrogen-bond donors (Lipinski definition) is 3. The van der Waals surface area contributed by atoms with Crippen LogP contribution in [0.1, 0.15) is 45.6 Å². The van der Waals surface area contributed by atoms with Crippen LogP contribution in [0.2, 0.25) is 0 Å². The zero-order valence-corrected chi connectivity index (χ0v) is 19.7. The lowest BCUT2D eigenvalue weighted by atomic mass is 9.72. The van der Waals surface area contributed by atoms with Crippen molar-refractivity contribution in [3.05, 3.63) is 72.3 Å². The minimum Gasteiger partial charge on any atom is -0.444 e. The summed E-state index contributed by atoms with van der Waals surface area (Å²) in [4.78, 5) is 17.2. The summed E-state index contributed by atoms with van der Waals surface area (Å²) in [6.45, 7) is 5.63. The molecule has 1 saturated carbocycles. The highest BCUT2D eigenvalue weighted by Crippen LogP contribution is 2.42. The molecule has 1 fully saturated rings. The van der Waals surface area contributed by atoms with Gasteiger partial charge in [0.25, 0.3) is 0 Å². The molecule has 172 valence electrons. The minimum absolute atomic E-state index is 0.359. The molecule has 4 rings (SSSR count). The molecule has 1 amide bonds. The molecular formula is C27H32N4O2. The molecule has 0 unspecified atom stereocenters. The third-order valence-corrected chi connectivity index (χ3v) is 5.88. The van der Waals surface area contributed by atoms with E-state index in [1.54, 1.807) is 0 Å². The molecule has 6 heteroatoms. The van der Waals surface area contributed by atoms with Gasteiger partial charge in [0.1, 0.15) is 5.60 Å². The fourth-order valence-corrected chi connectivity index (χ4v) is 4.05. The second-order valence-electron chi connectivity index (χ2n) is 9.47. The zero-order valence-electron chi connectivity index (χ0n) is 19.7. The van der Waals surface area contributed by atoms with Gasteiger partial charge in [0.05, 0.1) is 16.9 Å². The Hall–Kier alpha value is -3.54. The quantitative estimate of drug-likeness (QED) is 0.408. The van der Waals surface area contributed by atoms with Crippen LogP contribution in [0.25, 0.3) is 11.3 Å². The fraction of sp³-hybridized carbons (Fsp3) is 0.333. The maximum atomic E-state index is 12.4. The number of ether oxygens (including phenoxy) is 1. The van der Waals surface area contributed by atoms with Crippen molar-refractivity contribution >= 4 is 23.3 Å². The Morgan fingerprint density at radius 3 is 2.24 bits per heavy atom. The fourth-order valence-electron chi connectivity index (χ4n) is 4.05. The Balaban J connectivity index is 1.52. The molecule has 0 bridgehead atoms. The summed E-state index contributed by atoms with van der Waals surface area (Å²) < 4.78 is 5.49. The van der Waals surface area contributed by atoms with E-state index in [1.165, 1.54) is 0 Å². The van der Waals surface area contributed by atoms with E-state index in [-0.39, 0.29) is 11.6 Å². The molecule has 1 heterocycles. The van der Waals surface area contributed by atoms with E-state index in [1.807, 2.05) is 70.3 Å². The topological polar surface area (TPSA) is 75.3 Å². The van der Waals surface area contributed by atoms with Crippen molar-refractivity contribution in [3.63, 3.8) is 0 Å². The lowest BCUT2D eigenvalue weighted by Gasteiger charge is -2.43. The largest absolute Gasteiger partial charge is 0.444 e. The average molecular weight is 445 g/mol. The summed E-state index contributed by atoms with van der Waals surface area (Å²) in [6.07, 6.45) is 2.52. The van der Waals surface area contributed by atoms with Crippen LogP contribution in [0.4, 0.5) is 22.0 Å². The monoisotopic (exact) mass is 444 g/mol. The first kappa shape index (κ1) is 22.6. The van der Waals surface area contributed by atoms with Gasteiger partial charge < -0.3 is 20.7 Å². The van der Waals surface area contributed by atoms with Gasteiger partial charge in [-0.05, 0) is 69.9 Å². The molecule has 0 saturated heterocycles. The van der Waals surface area contributed by atoms with Gasteiger partial charge in [0.2, 0.25) is 0 Å². The van der Waals surface area contributed by atoms with E-state index < -0.39 is 5.60 Å². The van der Waals surface area contributed by atoms with E-state index in [0.29, 0.717) is 0 Å². The van der Waals surface area contributed by atoms with Crippen molar-refractivity contribution in [2.75, 3.05) is 17.7 Å². The predicted molar refractivity (Wildman–Crippen MR) is 134 cm³/mol. The Morgan fingerprint density at radius 1 is 0.970 bits per heavy atom. The molecule has 0 radical (unpaired) electrons. The van der Waals surface area contributed by atoms with E-state index in [2.05, 4.69) is 40.2 Å². The number of pyridine rings is 1. The molecule has 33 heavy (non-hydrogen) atoms. The SMILES string of the molecule is CNc1ccc(-c2ccccc2)nc1Nc1ccc(C2(NC(=O)OC(C)(C)C)CCC2)cc1. The van der Waals surface area contributed by atoms with Gasteiger partial charge in [0.15, 0.2) is 5.82 Å². The molecular weight excluding hydrogens is 412 g/mol. The highest BCUT2D eigenvalue weighted by molar-refractivity contribution is 5.75. The Morgan fingerprint density at radius 2 is 1.67 bits per heavy atom. The van der Waals surface area contributed by atoms with Crippen molar-refractivity contribution in [3.8, 4) is 11.3 Å². The predicted octanol–water partition coefficient (Wildman–Crippen LogP) is 6.44. The highest BCUT2D eigenvalue weighted by atomic mass is 16.6. The van der Waals surface area contributed by atoms with Crippen LogP contribution in [-0.2, 0) is 10.3 Å². The first-order valence-electron chi connectivity index (χ1n) is 11.4. The number of aromatic nitrogens is 1. The summed E-state index contributed by atoms with van der Waals surface area (Å²) >= 11 is 0. The van der Waals surface area contributed by atoms with Crippen molar-refractivity contribution in [1.29, 1.82) is 0 Å².